The van der Waals surface area contributed by atoms with Crippen molar-refractivity contribution >= 4 is 22.3 Å². The molecule has 33 heavy (non-hydrogen) atoms. The second-order valence-corrected chi connectivity index (χ2v) is 7.89. The van der Waals surface area contributed by atoms with Crippen LogP contribution >= 0.6 is 0 Å². The maximum Gasteiger partial charge on any atom is 0.433 e. The lowest BCUT2D eigenvalue weighted by atomic mass is 10.0. The van der Waals surface area contributed by atoms with Crippen LogP contribution in [0, 0.1) is 0 Å². The molecule has 0 bridgehead atoms. The molecule has 0 spiro atoms. The lowest BCUT2D eigenvalue weighted by Crippen LogP contribution is -2.46. The first-order valence-corrected chi connectivity index (χ1v) is 10.6. The van der Waals surface area contributed by atoms with E-state index in [1.54, 1.807) is 31.5 Å². The van der Waals surface area contributed by atoms with Crippen molar-refractivity contribution in [2.24, 2.45) is 0 Å². The van der Waals surface area contributed by atoms with Gasteiger partial charge in [-0.1, -0.05) is 6.07 Å². The number of nitrogens with zero attached hydrogens (tertiary/aromatic N) is 4. The normalized spacial score (nSPS) is 14.7. The van der Waals surface area contributed by atoms with E-state index in [2.05, 4.69) is 25.0 Å². The van der Waals surface area contributed by atoms with Crippen molar-refractivity contribution in [3.8, 4) is 16.9 Å². The van der Waals surface area contributed by atoms with Gasteiger partial charge in [-0.25, -0.2) is 0 Å². The van der Waals surface area contributed by atoms with Crippen LogP contribution < -0.4 is 14.5 Å². The molecule has 0 atom stereocenters. The van der Waals surface area contributed by atoms with Gasteiger partial charge in [-0.3, -0.25) is 10.1 Å². The number of aromatic amines is 1. The minimum Gasteiger partial charge on any atom is -0.497 e. The Morgan fingerprint density at radius 2 is 1.67 bits per heavy atom. The van der Waals surface area contributed by atoms with Crippen molar-refractivity contribution in [2.45, 2.75) is 6.18 Å². The number of fused-ring (bicyclic) bond motifs is 1. The van der Waals surface area contributed by atoms with Gasteiger partial charge >= 0.3 is 6.18 Å². The predicted molar refractivity (Wildman–Crippen MR) is 122 cm³/mol. The van der Waals surface area contributed by atoms with Crippen LogP contribution in [0.25, 0.3) is 22.0 Å². The molecule has 1 aliphatic heterocycles. The van der Waals surface area contributed by atoms with Gasteiger partial charge in [0, 0.05) is 54.7 Å². The van der Waals surface area contributed by atoms with E-state index in [0.717, 1.165) is 54.2 Å². The van der Waals surface area contributed by atoms with Gasteiger partial charge in [-0.2, -0.15) is 18.3 Å². The van der Waals surface area contributed by atoms with E-state index in [4.69, 9.17) is 4.74 Å². The van der Waals surface area contributed by atoms with Crippen LogP contribution in [0.5, 0.6) is 5.75 Å². The number of anilines is 2. The number of H-pyrrole nitrogens is 1. The minimum atomic E-state index is -4.50. The van der Waals surface area contributed by atoms with Gasteiger partial charge < -0.3 is 14.5 Å². The number of rotatable bonds is 4. The van der Waals surface area contributed by atoms with Crippen molar-refractivity contribution in [1.82, 2.24) is 15.2 Å². The standard InChI is InChI=1S/C24H22F3N5O/c1-33-18-5-3-17(4-6-18)31-10-12-32(13-11-31)22-8-9-28-21-7-2-16(14-19(21)22)20-15-29-30-23(20)24(25,26)27/h2-9,14-15H,10-13H2,1H3,(H,29,30). The van der Waals surface area contributed by atoms with Crippen LogP contribution in [0.4, 0.5) is 24.5 Å². The lowest BCUT2D eigenvalue weighted by molar-refractivity contribution is -0.140. The van der Waals surface area contributed by atoms with E-state index in [1.807, 2.05) is 30.3 Å². The topological polar surface area (TPSA) is 57.3 Å². The number of nitrogens with one attached hydrogen (secondary N) is 1. The highest BCUT2D eigenvalue weighted by Crippen LogP contribution is 2.37. The van der Waals surface area contributed by atoms with Crippen LogP contribution in [0.1, 0.15) is 5.69 Å². The Hall–Kier alpha value is -3.75. The fraction of sp³-hybridized carbons (Fsp3) is 0.250. The molecule has 2 aromatic heterocycles. The zero-order valence-corrected chi connectivity index (χ0v) is 17.9. The monoisotopic (exact) mass is 453 g/mol. The molecule has 6 nitrogen and oxygen atoms in total. The summed E-state index contributed by atoms with van der Waals surface area (Å²) in [6.07, 6.45) is -1.55. The van der Waals surface area contributed by atoms with Crippen LogP contribution in [0.3, 0.4) is 0 Å². The fourth-order valence-electron chi connectivity index (χ4n) is 4.29. The second-order valence-electron chi connectivity index (χ2n) is 7.89. The first-order chi connectivity index (χ1) is 15.9. The molecule has 1 N–H and O–H groups in total. The van der Waals surface area contributed by atoms with E-state index in [1.165, 1.54) is 6.20 Å². The third-order valence-electron chi connectivity index (χ3n) is 6.01. The number of methoxy groups -OCH3 is 1. The number of alkyl halides is 3. The van der Waals surface area contributed by atoms with Crippen molar-refractivity contribution in [3.63, 3.8) is 0 Å². The van der Waals surface area contributed by atoms with Crippen molar-refractivity contribution < 1.29 is 17.9 Å². The molecule has 4 aromatic rings. The molecule has 1 saturated heterocycles. The van der Waals surface area contributed by atoms with Gasteiger partial charge in [0.15, 0.2) is 0 Å². The first kappa shape index (κ1) is 21.1. The molecule has 2 aromatic carbocycles. The third-order valence-corrected chi connectivity index (χ3v) is 6.01. The number of pyridine rings is 1. The zero-order chi connectivity index (χ0) is 23.0. The van der Waals surface area contributed by atoms with Gasteiger partial charge in [-0.05, 0) is 48.0 Å². The zero-order valence-electron chi connectivity index (χ0n) is 17.9. The summed E-state index contributed by atoms with van der Waals surface area (Å²) in [5.41, 5.74) is 2.48. The molecule has 9 heteroatoms. The SMILES string of the molecule is COc1ccc(N2CCN(c3ccnc4ccc(-c5cn[nH]c5C(F)(F)F)cc34)CC2)cc1. The van der Waals surface area contributed by atoms with E-state index in [-0.39, 0.29) is 5.56 Å². The van der Waals surface area contributed by atoms with Crippen molar-refractivity contribution in [2.75, 3.05) is 43.1 Å². The summed E-state index contributed by atoms with van der Waals surface area (Å²) >= 11 is 0. The average molecular weight is 453 g/mol. The Morgan fingerprint density at radius 1 is 0.939 bits per heavy atom. The predicted octanol–water partition coefficient (Wildman–Crippen LogP) is 4.98. The van der Waals surface area contributed by atoms with Crippen molar-refractivity contribution in [1.29, 1.82) is 0 Å². The summed E-state index contributed by atoms with van der Waals surface area (Å²) in [6.45, 7) is 3.23. The number of hydrogen-bond donors (Lipinski definition) is 1. The molecule has 170 valence electrons. The molecule has 0 radical (unpaired) electrons. The Morgan fingerprint density at radius 3 is 2.36 bits per heavy atom. The molecule has 0 amide bonds. The Bertz CT molecular complexity index is 1260. The summed E-state index contributed by atoms with van der Waals surface area (Å²) in [4.78, 5) is 8.98. The van der Waals surface area contributed by atoms with E-state index < -0.39 is 11.9 Å². The smallest absolute Gasteiger partial charge is 0.433 e. The largest absolute Gasteiger partial charge is 0.497 e. The van der Waals surface area contributed by atoms with Crippen LogP contribution in [-0.2, 0) is 6.18 Å². The van der Waals surface area contributed by atoms with Gasteiger partial charge in [0.25, 0.3) is 0 Å². The number of hydrogen-bond acceptors (Lipinski definition) is 5. The van der Waals surface area contributed by atoms with Crippen molar-refractivity contribution in [3.05, 3.63) is 66.6 Å². The molecule has 1 fully saturated rings. The first-order valence-electron chi connectivity index (χ1n) is 10.6. The van der Waals surface area contributed by atoms with Gasteiger partial charge in [-0.15, -0.1) is 0 Å². The molecular weight excluding hydrogens is 431 g/mol. The molecular formula is C24H22F3N5O. The number of piperazine rings is 1. The maximum absolute atomic E-state index is 13.4. The fourth-order valence-corrected chi connectivity index (χ4v) is 4.29. The molecule has 1 aliphatic rings. The third kappa shape index (κ3) is 4.06. The second kappa shape index (κ2) is 8.31. The highest BCUT2D eigenvalue weighted by atomic mass is 19.4. The van der Waals surface area contributed by atoms with Gasteiger partial charge in [0.1, 0.15) is 11.4 Å². The van der Waals surface area contributed by atoms with Crippen LogP contribution in [0.15, 0.2) is 60.9 Å². The summed E-state index contributed by atoms with van der Waals surface area (Å²) in [5.74, 6) is 0.822. The molecule has 0 aliphatic carbocycles. The van der Waals surface area contributed by atoms with Gasteiger partial charge in [0.05, 0.1) is 18.8 Å². The molecule has 0 unspecified atom stereocenters. The Labute approximate surface area is 188 Å². The summed E-state index contributed by atoms with van der Waals surface area (Å²) in [5, 5.41) is 6.53. The summed E-state index contributed by atoms with van der Waals surface area (Å²) in [7, 11) is 1.65. The van der Waals surface area contributed by atoms with E-state index >= 15 is 0 Å². The quantitative estimate of drug-likeness (QED) is 0.472. The Balaban J connectivity index is 1.42. The lowest BCUT2D eigenvalue weighted by Gasteiger charge is -2.37. The minimum absolute atomic E-state index is 0.0310. The van der Waals surface area contributed by atoms with Crippen LogP contribution in [-0.4, -0.2) is 48.5 Å². The Kier molecular flexibility index (Phi) is 5.32. The van der Waals surface area contributed by atoms with E-state index in [9.17, 15) is 13.2 Å². The number of ether oxygens (including phenoxy) is 1. The summed E-state index contributed by atoms with van der Waals surface area (Å²) < 4.78 is 45.3. The number of benzene rings is 2. The number of aromatic nitrogens is 3. The molecule has 3 heterocycles. The highest BCUT2D eigenvalue weighted by Gasteiger charge is 2.36. The summed E-state index contributed by atoms with van der Waals surface area (Å²) in [6, 6.07) is 15.1. The van der Waals surface area contributed by atoms with E-state index in [0.29, 0.717) is 5.56 Å². The van der Waals surface area contributed by atoms with Gasteiger partial charge in [0.2, 0.25) is 0 Å². The molecule has 5 rings (SSSR count). The number of halogens is 3. The molecule has 0 saturated carbocycles. The highest BCUT2D eigenvalue weighted by molar-refractivity contribution is 5.95. The maximum atomic E-state index is 13.4. The average Bonchev–Trinajstić information content (AvgIpc) is 3.34. The van der Waals surface area contributed by atoms with Crippen LogP contribution in [0.2, 0.25) is 0 Å².